The highest BCUT2D eigenvalue weighted by Crippen LogP contribution is 2.36. The van der Waals surface area contributed by atoms with E-state index in [0.717, 1.165) is 37.7 Å². The van der Waals surface area contributed by atoms with Crippen molar-refractivity contribution in [2.45, 2.75) is 117 Å². The second kappa shape index (κ2) is 13.9. The fraction of sp³-hybridized carbons (Fsp3) is 0.636. The topological polar surface area (TPSA) is 103 Å². The lowest BCUT2D eigenvalue weighted by Gasteiger charge is -2.29. The van der Waals surface area contributed by atoms with Gasteiger partial charge in [0.05, 0.1) is 12.5 Å². The van der Waals surface area contributed by atoms with Gasteiger partial charge in [-0.25, -0.2) is 4.79 Å². The molecule has 0 unspecified atom stereocenters. The maximum atomic E-state index is 13.8. The van der Waals surface area contributed by atoms with Gasteiger partial charge in [-0.1, -0.05) is 19.3 Å². The van der Waals surface area contributed by atoms with Crippen LogP contribution in [0.2, 0.25) is 0 Å². The molecule has 0 saturated heterocycles. The van der Waals surface area contributed by atoms with Crippen LogP contribution in [0.3, 0.4) is 0 Å². The molecule has 0 radical (unpaired) electrons. The molecule has 0 atom stereocenters. The number of hydrogen-bond donors (Lipinski definition) is 0. The van der Waals surface area contributed by atoms with Crippen molar-refractivity contribution in [2.75, 3.05) is 24.5 Å². The standard InChI is InChI=1S/C33H45F3N4O6/c1-31(2,3)45-28(42)15-16-38(30(43)46-32(4,5)6)20-27(41)39-17-14-22-18-25(12-13-26(22)39)44-21-23-19-40(24-10-8-7-9-11-24)37-29(23)33(34,35)36/h12-13,18-19,24H,7-11,14-17,20-21H2,1-6H3. The number of esters is 1. The van der Waals surface area contributed by atoms with Gasteiger partial charge in [0.15, 0.2) is 5.69 Å². The normalized spacial score (nSPS) is 15.8. The van der Waals surface area contributed by atoms with Gasteiger partial charge in [-0.15, -0.1) is 0 Å². The number of hydrogen-bond acceptors (Lipinski definition) is 7. The molecule has 2 aromatic rings. The van der Waals surface area contributed by atoms with E-state index in [1.807, 2.05) is 0 Å². The molecule has 2 heterocycles. The van der Waals surface area contributed by atoms with Crippen LogP contribution in [-0.2, 0) is 38.3 Å². The predicted octanol–water partition coefficient (Wildman–Crippen LogP) is 6.84. The van der Waals surface area contributed by atoms with Crippen molar-refractivity contribution in [3.63, 3.8) is 0 Å². The Morgan fingerprint density at radius 2 is 1.65 bits per heavy atom. The lowest BCUT2D eigenvalue weighted by molar-refractivity contribution is -0.155. The zero-order chi connectivity index (χ0) is 33.9. The highest BCUT2D eigenvalue weighted by Gasteiger charge is 2.38. The second-order valence-electron chi connectivity index (χ2n) is 13.9. The minimum Gasteiger partial charge on any atom is -0.489 e. The summed E-state index contributed by atoms with van der Waals surface area (Å²) in [5.74, 6) is -0.497. The zero-order valence-electron chi connectivity index (χ0n) is 27.5. The lowest BCUT2D eigenvalue weighted by atomic mass is 9.96. The number of alkyl halides is 3. The third-order valence-corrected chi connectivity index (χ3v) is 7.65. The van der Waals surface area contributed by atoms with E-state index in [-0.39, 0.29) is 43.6 Å². The van der Waals surface area contributed by atoms with Crippen LogP contribution >= 0.6 is 0 Å². The van der Waals surface area contributed by atoms with E-state index in [4.69, 9.17) is 14.2 Å². The Morgan fingerprint density at radius 1 is 0.978 bits per heavy atom. The van der Waals surface area contributed by atoms with Crippen molar-refractivity contribution in [2.24, 2.45) is 0 Å². The Bertz CT molecular complexity index is 1400. The van der Waals surface area contributed by atoms with Crippen molar-refractivity contribution >= 4 is 23.7 Å². The second-order valence-corrected chi connectivity index (χ2v) is 13.9. The Hall–Kier alpha value is -3.77. The fourth-order valence-electron chi connectivity index (χ4n) is 5.62. The van der Waals surface area contributed by atoms with Gasteiger partial charge in [0.1, 0.15) is 30.1 Å². The van der Waals surface area contributed by atoms with Crippen LogP contribution in [-0.4, -0.2) is 63.5 Å². The molecule has 13 heteroatoms. The smallest absolute Gasteiger partial charge is 0.435 e. The molecule has 2 amide bonds. The number of ether oxygens (including phenoxy) is 3. The molecule has 0 N–H and O–H groups in total. The van der Waals surface area contributed by atoms with Crippen LogP contribution in [0.5, 0.6) is 5.75 Å². The Balaban J connectivity index is 1.43. The summed E-state index contributed by atoms with van der Waals surface area (Å²) >= 11 is 0. The van der Waals surface area contributed by atoms with Gasteiger partial charge in [-0.3, -0.25) is 19.2 Å². The van der Waals surface area contributed by atoms with E-state index in [1.165, 1.54) is 15.8 Å². The Kier molecular flexibility index (Phi) is 10.6. The first-order valence-corrected chi connectivity index (χ1v) is 15.8. The third kappa shape index (κ3) is 9.62. The summed E-state index contributed by atoms with van der Waals surface area (Å²) in [6.07, 6.45) is 1.14. The summed E-state index contributed by atoms with van der Waals surface area (Å²) < 4.78 is 59.5. The number of nitrogens with zero attached hydrogens (tertiary/aromatic N) is 4. The molecule has 254 valence electrons. The van der Waals surface area contributed by atoms with Crippen molar-refractivity contribution in [1.82, 2.24) is 14.7 Å². The molecule has 0 bridgehead atoms. The Labute approximate surface area is 268 Å². The number of rotatable bonds is 9. The molecule has 1 fully saturated rings. The van der Waals surface area contributed by atoms with E-state index in [2.05, 4.69) is 5.10 Å². The lowest BCUT2D eigenvalue weighted by Crippen LogP contribution is -2.45. The quantitative estimate of drug-likeness (QED) is 0.274. The van der Waals surface area contributed by atoms with E-state index in [1.54, 1.807) is 64.6 Å². The third-order valence-electron chi connectivity index (χ3n) is 7.65. The molecule has 1 aliphatic heterocycles. The minimum absolute atomic E-state index is 0.0241. The van der Waals surface area contributed by atoms with Crippen molar-refractivity contribution in [3.8, 4) is 5.75 Å². The molecular weight excluding hydrogens is 605 g/mol. The van der Waals surface area contributed by atoms with Crippen LogP contribution in [0.1, 0.15) is 103 Å². The van der Waals surface area contributed by atoms with Gasteiger partial charge in [-0.05, 0) is 84.6 Å². The first-order valence-electron chi connectivity index (χ1n) is 15.8. The first-order chi connectivity index (χ1) is 21.4. The Morgan fingerprint density at radius 3 is 2.28 bits per heavy atom. The minimum atomic E-state index is -4.60. The summed E-state index contributed by atoms with van der Waals surface area (Å²) in [6, 6.07) is 4.97. The summed E-state index contributed by atoms with van der Waals surface area (Å²) in [6.45, 7) is 10.0. The van der Waals surface area contributed by atoms with Crippen LogP contribution < -0.4 is 9.64 Å². The van der Waals surface area contributed by atoms with Crippen LogP contribution in [0.4, 0.5) is 23.7 Å². The van der Waals surface area contributed by atoms with Gasteiger partial charge in [0, 0.05) is 30.5 Å². The molecule has 1 aliphatic carbocycles. The van der Waals surface area contributed by atoms with Gasteiger partial charge in [0.25, 0.3) is 0 Å². The highest BCUT2D eigenvalue weighted by atomic mass is 19.4. The van der Waals surface area contributed by atoms with Gasteiger partial charge in [-0.2, -0.15) is 18.3 Å². The fourth-order valence-corrected chi connectivity index (χ4v) is 5.62. The summed E-state index contributed by atoms with van der Waals surface area (Å²) in [5.41, 5.74) is -1.05. The van der Waals surface area contributed by atoms with E-state index in [9.17, 15) is 27.6 Å². The molecule has 46 heavy (non-hydrogen) atoms. The van der Waals surface area contributed by atoms with E-state index >= 15 is 0 Å². The number of fused-ring (bicyclic) bond motifs is 1. The summed E-state index contributed by atoms with van der Waals surface area (Å²) in [4.78, 5) is 41.4. The van der Waals surface area contributed by atoms with Gasteiger partial charge in [0.2, 0.25) is 5.91 Å². The average Bonchev–Trinajstić information content (AvgIpc) is 3.57. The molecule has 2 aliphatic rings. The van der Waals surface area contributed by atoms with Gasteiger partial charge < -0.3 is 19.1 Å². The molecule has 10 nitrogen and oxygen atoms in total. The van der Waals surface area contributed by atoms with Crippen molar-refractivity contribution < 1.29 is 41.8 Å². The summed E-state index contributed by atoms with van der Waals surface area (Å²) in [7, 11) is 0. The largest absolute Gasteiger partial charge is 0.489 e. The number of aromatic nitrogens is 2. The van der Waals surface area contributed by atoms with Crippen molar-refractivity contribution in [3.05, 3.63) is 41.2 Å². The SMILES string of the molecule is CC(C)(C)OC(=O)CCN(CC(=O)N1CCc2cc(OCc3cn(C4CCCCC4)nc3C(F)(F)F)ccc21)C(=O)OC(C)(C)C. The zero-order valence-corrected chi connectivity index (χ0v) is 27.5. The summed E-state index contributed by atoms with van der Waals surface area (Å²) in [5, 5.41) is 3.90. The van der Waals surface area contributed by atoms with Gasteiger partial charge >= 0.3 is 18.2 Å². The predicted molar refractivity (Wildman–Crippen MR) is 164 cm³/mol. The average molecular weight is 651 g/mol. The van der Waals surface area contributed by atoms with Crippen LogP contribution in [0.15, 0.2) is 24.4 Å². The maximum absolute atomic E-state index is 13.8. The first kappa shape index (κ1) is 35.1. The highest BCUT2D eigenvalue weighted by molar-refractivity contribution is 5.98. The number of halogens is 3. The monoisotopic (exact) mass is 650 g/mol. The maximum Gasteiger partial charge on any atom is 0.435 e. The number of carbonyl (C=O) groups is 3. The van der Waals surface area contributed by atoms with E-state index in [0.29, 0.717) is 24.4 Å². The number of carbonyl (C=O) groups excluding carboxylic acids is 3. The number of amides is 2. The van der Waals surface area contributed by atoms with E-state index < -0.39 is 35.1 Å². The molecule has 1 aromatic heterocycles. The van der Waals surface area contributed by atoms with Crippen LogP contribution in [0.25, 0.3) is 0 Å². The molecule has 1 aromatic carbocycles. The molecular formula is C33H45F3N4O6. The number of anilines is 1. The van der Waals surface area contributed by atoms with Crippen LogP contribution in [0, 0.1) is 0 Å². The molecule has 1 saturated carbocycles. The number of benzene rings is 1. The molecule has 0 spiro atoms. The van der Waals surface area contributed by atoms with Crippen molar-refractivity contribution in [1.29, 1.82) is 0 Å². The molecule has 4 rings (SSSR count).